The first-order chi connectivity index (χ1) is 6.79. The Bertz CT molecular complexity index is 303. The van der Waals surface area contributed by atoms with Crippen molar-refractivity contribution in [2.45, 2.75) is 12.5 Å². The normalized spacial score (nSPS) is 21.1. The molecule has 0 bridgehead atoms. The second-order valence-electron chi connectivity index (χ2n) is 3.55. The molecule has 2 rings (SSSR count). The molecule has 1 fully saturated rings. The molecule has 14 heavy (non-hydrogen) atoms. The number of hydrogen-bond donors (Lipinski definition) is 2. The van der Waals surface area contributed by atoms with Crippen LogP contribution in [-0.2, 0) is 0 Å². The van der Waals surface area contributed by atoms with Gasteiger partial charge in [0, 0.05) is 25.8 Å². The smallest absolute Gasteiger partial charge is 0.257 e. The molecule has 2 N–H and O–H groups in total. The molecule has 5 heteroatoms. The van der Waals surface area contributed by atoms with E-state index in [9.17, 15) is 4.79 Å². The van der Waals surface area contributed by atoms with Crippen LogP contribution >= 0.6 is 0 Å². The lowest BCUT2D eigenvalue weighted by Crippen LogP contribution is -2.38. The first kappa shape index (κ1) is 9.21. The number of amides is 1. The molecule has 2 heterocycles. The van der Waals surface area contributed by atoms with Crippen molar-refractivity contribution in [3.05, 3.63) is 18.0 Å². The maximum Gasteiger partial charge on any atom is 0.257 e. The van der Waals surface area contributed by atoms with Gasteiger partial charge in [0.05, 0.1) is 11.8 Å². The van der Waals surface area contributed by atoms with Crippen LogP contribution in [0.4, 0.5) is 0 Å². The number of nitrogens with one attached hydrogen (secondary N) is 2. The van der Waals surface area contributed by atoms with Gasteiger partial charge in [0.1, 0.15) is 0 Å². The van der Waals surface area contributed by atoms with Crippen molar-refractivity contribution in [1.29, 1.82) is 0 Å². The number of aromatic nitrogens is 2. The molecule has 0 aliphatic carbocycles. The van der Waals surface area contributed by atoms with Gasteiger partial charge in [0.25, 0.3) is 5.91 Å². The molecule has 5 nitrogen and oxygen atoms in total. The highest BCUT2D eigenvalue weighted by Crippen LogP contribution is 2.09. The van der Waals surface area contributed by atoms with Crippen molar-refractivity contribution in [2.75, 3.05) is 20.1 Å². The highest BCUT2D eigenvalue weighted by Gasteiger charge is 2.24. The van der Waals surface area contributed by atoms with Gasteiger partial charge < -0.3 is 10.2 Å². The first-order valence-corrected chi connectivity index (χ1v) is 4.75. The van der Waals surface area contributed by atoms with E-state index in [-0.39, 0.29) is 5.91 Å². The van der Waals surface area contributed by atoms with Gasteiger partial charge in [-0.15, -0.1) is 0 Å². The van der Waals surface area contributed by atoms with Gasteiger partial charge in [-0.05, 0) is 13.0 Å². The van der Waals surface area contributed by atoms with Gasteiger partial charge in [0.2, 0.25) is 0 Å². The molecule has 1 aromatic rings. The average Bonchev–Trinajstić information content (AvgIpc) is 2.87. The van der Waals surface area contributed by atoms with Gasteiger partial charge in [0.15, 0.2) is 0 Å². The monoisotopic (exact) mass is 194 g/mol. The summed E-state index contributed by atoms with van der Waals surface area (Å²) in [5, 5.41) is 9.64. The zero-order valence-electron chi connectivity index (χ0n) is 8.16. The number of likely N-dealkylation sites (N-methyl/N-ethyl adjacent to an activating group) is 1. The van der Waals surface area contributed by atoms with E-state index in [1.807, 2.05) is 7.05 Å². The van der Waals surface area contributed by atoms with Gasteiger partial charge >= 0.3 is 0 Å². The van der Waals surface area contributed by atoms with Crippen LogP contribution in [0, 0.1) is 0 Å². The molecule has 0 spiro atoms. The van der Waals surface area contributed by atoms with Crippen LogP contribution in [0.2, 0.25) is 0 Å². The van der Waals surface area contributed by atoms with Crippen LogP contribution < -0.4 is 5.32 Å². The molecule has 1 unspecified atom stereocenters. The quantitative estimate of drug-likeness (QED) is 0.688. The Morgan fingerprint density at radius 3 is 3.14 bits per heavy atom. The lowest BCUT2D eigenvalue weighted by atomic mass is 10.2. The molecular formula is C9H14N4O. The Hall–Kier alpha value is -1.36. The summed E-state index contributed by atoms with van der Waals surface area (Å²) in [5.41, 5.74) is 0.624. The summed E-state index contributed by atoms with van der Waals surface area (Å²) in [4.78, 5) is 13.6. The second-order valence-corrected chi connectivity index (χ2v) is 3.55. The van der Waals surface area contributed by atoms with E-state index in [2.05, 4.69) is 15.5 Å². The third kappa shape index (κ3) is 1.63. The molecule has 1 saturated heterocycles. The molecule has 0 saturated carbocycles. The fourth-order valence-electron chi connectivity index (χ4n) is 1.71. The zero-order chi connectivity index (χ0) is 9.97. The number of aromatic amines is 1. The molecule has 0 radical (unpaired) electrons. The molecule has 0 aromatic carbocycles. The van der Waals surface area contributed by atoms with Gasteiger partial charge in [-0.2, -0.15) is 5.10 Å². The number of hydrogen-bond acceptors (Lipinski definition) is 3. The topological polar surface area (TPSA) is 61.0 Å². The summed E-state index contributed by atoms with van der Waals surface area (Å²) >= 11 is 0. The average molecular weight is 194 g/mol. The van der Waals surface area contributed by atoms with Crippen LogP contribution in [0.25, 0.3) is 0 Å². The fraction of sp³-hybridized carbons (Fsp3) is 0.556. The molecule has 1 aromatic heterocycles. The highest BCUT2D eigenvalue weighted by atomic mass is 16.2. The summed E-state index contributed by atoms with van der Waals surface area (Å²) in [6, 6.07) is 0.317. The minimum atomic E-state index is 0.0347. The minimum Gasteiger partial charge on any atom is -0.337 e. The Morgan fingerprint density at radius 2 is 2.57 bits per heavy atom. The van der Waals surface area contributed by atoms with Crippen LogP contribution in [0.5, 0.6) is 0 Å². The van der Waals surface area contributed by atoms with Crippen LogP contribution in [-0.4, -0.2) is 47.2 Å². The number of H-pyrrole nitrogens is 1. The van der Waals surface area contributed by atoms with Crippen molar-refractivity contribution in [3.8, 4) is 0 Å². The fourth-order valence-corrected chi connectivity index (χ4v) is 1.71. The number of nitrogens with zero attached hydrogens (tertiary/aromatic N) is 2. The molecular weight excluding hydrogens is 180 g/mol. The van der Waals surface area contributed by atoms with Gasteiger partial charge in [-0.1, -0.05) is 0 Å². The Kier molecular flexibility index (Phi) is 2.49. The predicted octanol–water partition coefficient (Wildman–Crippen LogP) is -0.156. The lowest BCUT2D eigenvalue weighted by Gasteiger charge is -2.22. The standard InChI is InChI=1S/C9H14N4O/c1-13(8-2-3-10-6-8)9(14)7-4-11-12-5-7/h4-5,8,10H,2-3,6H2,1H3,(H,11,12). The van der Waals surface area contributed by atoms with Crippen molar-refractivity contribution in [1.82, 2.24) is 20.4 Å². The Morgan fingerprint density at radius 1 is 1.71 bits per heavy atom. The zero-order valence-corrected chi connectivity index (χ0v) is 8.16. The lowest BCUT2D eigenvalue weighted by molar-refractivity contribution is 0.0744. The van der Waals surface area contributed by atoms with E-state index in [0.29, 0.717) is 11.6 Å². The second kappa shape index (κ2) is 3.79. The van der Waals surface area contributed by atoms with E-state index in [1.165, 1.54) is 0 Å². The SMILES string of the molecule is CN(C(=O)c1cn[nH]c1)C1CCNC1. The minimum absolute atomic E-state index is 0.0347. The van der Waals surface area contributed by atoms with Crippen molar-refractivity contribution in [3.63, 3.8) is 0 Å². The molecule has 1 atom stereocenters. The van der Waals surface area contributed by atoms with Crippen LogP contribution in [0.15, 0.2) is 12.4 Å². The van der Waals surface area contributed by atoms with E-state index in [0.717, 1.165) is 19.5 Å². The van der Waals surface area contributed by atoms with Crippen LogP contribution in [0.3, 0.4) is 0 Å². The summed E-state index contributed by atoms with van der Waals surface area (Å²) in [6.45, 7) is 1.88. The summed E-state index contributed by atoms with van der Waals surface area (Å²) in [7, 11) is 1.84. The molecule has 1 aliphatic heterocycles. The number of carbonyl (C=O) groups is 1. The summed E-state index contributed by atoms with van der Waals surface area (Å²) in [6.07, 6.45) is 4.21. The third-order valence-corrected chi connectivity index (χ3v) is 2.65. The number of rotatable bonds is 2. The van der Waals surface area contributed by atoms with E-state index in [4.69, 9.17) is 0 Å². The molecule has 76 valence electrons. The molecule has 1 amide bonds. The maximum absolute atomic E-state index is 11.8. The third-order valence-electron chi connectivity index (χ3n) is 2.65. The van der Waals surface area contributed by atoms with Crippen molar-refractivity contribution < 1.29 is 4.79 Å². The van der Waals surface area contributed by atoms with Crippen molar-refractivity contribution in [2.24, 2.45) is 0 Å². The van der Waals surface area contributed by atoms with E-state index < -0.39 is 0 Å². The van der Waals surface area contributed by atoms with Crippen molar-refractivity contribution >= 4 is 5.91 Å². The van der Waals surface area contributed by atoms with E-state index >= 15 is 0 Å². The predicted molar refractivity (Wildman–Crippen MR) is 52.0 cm³/mol. The summed E-state index contributed by atoms with van der Waals surface area (Å²) < 4.78 is 0. The molecule has 1 aliphatic rings. The number of carbonyl (C=O) groups excluding carboxylic acids is 1. The highest BCUT2D eigenvalue weighted by molar-refractivity contribution is 5.93. The van der Waals surface area contributed by atoms with E-state index in [1.54, 1.807) is 17.3 Å². The Balaban J connectivity index is 2.04. The van der Waals surface area contributed by atoms with Gasteiger partial charge in [-0.25, -0.2) is 0 Å². The maximum atomic E-state index is 11.8. The first-order valence-electron chi connectivity index (χ1n) is 4.75. The largest absolute Gasteiger partial charge is 0.337 e. The Labute approximate surface area is 82.5 Å². The summed E-state index contributed by atoms with van der Waals surface area (Å²) in [5.74, 6) is 0.0347. The van der Waals surface area contributed by atoms with Gasteiger partial charge in [-0.3, -0.25) is 9.89 Å². The van der Waals surface area contributed by atoms with Crippen LogP contribution in [0.1, 0.15) is 16.8 Å².